The second kappa shape index (κ2) is 12.9. The molecule has 7 aromatic carbocycles. The number of hydrogen-bond acceptors (Lipinski definition) is 5. The van der Waals surface area contributed by atoms with E-state index < -0.39 is 5.60 Å². The fourth-order valence-electron chi connectivity index (χ4n) is 7.08. The van der Waals surface area contributed by atoms with E-state index in [1.54, 1.807) is 12.1 Å². The number of nitriles is 1. The van der Waals surface area contributed by atoms with E-state index in [1.165, 1.54) is 0 Å². The van der Waals surface area contributed by atoms with E-state index in [-0.39, 0.29) is 0 Å². The summed E-state index contributed by atoms with van der Waals surface area (Å²) >= 11 is 0. The molecule has 52 heavy (non-hydrogen) atoms. The van der Waals surface area contributed by atoms with Crippen LogP contribution in [0.15, 0.2) is 182 Å². The molecule has 0 bridgehead atoms. The molecule has 0 aliphatic carbocycles. The second-order valence-corrected chi connectivity index (χ2v) is 12.7. The molecule has 1 aromatic heterocycles. The van der Waals surface area contributed by atoms with Gasteiger partial charge in [0.2, 0.25) is 0 Å². The van der Waals surface area contributed by atoms with Gasteiger partial charge in [-0.2, -0.15) is 5.26 Å². The van der Waals surface area contributed by atoms with Crippen LogP contribution in [0.3, 0.4) is 0 Å². The minimum atomic E-state index is -0.840. The van der Waals surface area contributed by atoms with Crippen molar-refractivity contribution < 1.29 is 4.74 Å². The molecule has 0 radical (unpaired) electrons. The van der Waals surface area contributed by atoms with E-state index in [0.717, 1.165) is 61.4 Å². The highest BCUT2D eigenvalue weighted by Crippen LogP contribution is 2.52. The smallest absolute Gasteiger partial charge is 0.185 e. The summed E-state index contributed by atoms with van der Waals surface area (Å²) in [6.45, 7) is 0. The Hall–Kier alpha value is -7.16. The standard InChI is InChI=1S/C47H30N4O/c48-31-32-23-25-34(26-24-32)45-49-44(33-13-4-1-5-14-33)50-46(51-45)37-16-12-15-35(29-37)36-27-28-41-40-21-10-11-22-42(40)47(52-43(41)30-36,38-17-6-2-7-18-38)39-19-8-3-9-20-39/h1-30H. The lowest BCUT2D eigenvalue weighted by atomic mass is 9.75. The van der Waals surface area contributed by atoms with Gasteiger partial charge in [0.15, 0.2) is 23.1 Å². The minimum absolute atomic E-state index is 0.540. The van der Waals surface area contributed by atoms with Gasteiger partial charge < -0.3 is 4.74 Å². The summed E-state index contributed by atoms with van der Waals surface area (Å²) in [4.78, 5) is 14.7. The lowest BCUT2D eigenvalue weighted by Crippen LogP contribution is -2.38. The average molecular weight is 667 g/mol. The monoisotopic (exact) mass is 666 g/mol. The van der Waals surface area contributed by atoms with Gasteiger partial charge >= 0.3 is 0 Å². The highest BCUT2D eigenvalue weighted by molar-refractivity contribution is 5.83. The predicted molar refractivity (Wildman–Crippen MR) is 205 cm³/mol. The Morgan fingerprint density at radius 2 is 0.923 bits per heavy atom. The van der Waals surface area contributed by atoms with Crippen molar-refractivity contribution in [3.05, 3.63) is 204 Å². The van der Waals surface area contributed by atoms with Crippen molar-refractivity contribution in [1.82, 2.24) is 15.0 Å². The minimum Gasteiger partial charge on any atom is -0.472 e. The lowest BCUT2D eigenvalue weighted by Gasteiger charge is -2.41. The maximum absolute atomic E-state index is 9.34. The van der Waals surface area contributed by atoms with Crippen molar-refractivity contribution in [3.63, 3.8) is 0 Å². The molecule has 9 rings (SSSR count). The molecule has 2 heterocycles. The molecule has 244 valence electrons. The van der Waals surface area contributed by atoms with Crippen molar-refractivity contribution in [1.29, 1.82) is 5.26 Å². The number of aromatic nitrogens is 3. The van der Waals surface area contributed by atoms with E-state index in [9.17, 15) is 5.26 Å². The molecule has 0 unspecified atom stereocenters. The number of fused-ring (bicyclic) bond motifs is 3. The van der Waals surface area contributed by atoms with Crippen molar-refractivity contribution in [2.75, 3.05) is 0 Å². The van der Waals surface area contributed by atoms with Gasteiger partial charge in [0.05, 0.1) is 11.6 Å². The summed E-state index contributed by atoms with van der Waals surface area (Å²) in [6, 6.07) is 63.6. The van der Waals surface area contributed by atoms with Crippen LogP contribution in [0.25, 0.3) is 56.4 Å². The predicted octanol–water partition coefficient (Wildman–Crippen LogP) is 10.8. The Bertz CT molecular complexity index is 2560. The number of hydrogen-bond donors (Lipinski definition) is 0. The van der Waals surface area contributed by atoms with Crippen molar-refractivity contribution in [2.45, 2.75) is 5.60 Å². The molecule has 8 aromatic rings. The topological polar surface area (TPSA) is 71.7 Å². The number of rotatable bonds is 6. The maximum Gasteiger partial charge on any atom is 0.185 e. The van der Waals surface area contributed by atoms with Crippen LogP contribution in [0.5, 0.6) is 5.75 Å². The highest BCUT2D eigenvalue weighted by Gasteiger charge is 2.44. The van der Waals surface area contributed by atoms with Crippen molar-refractivity contribution in [2.24, 2.45) is 0 Å². The first-order valence-corrected chi connectivity index (χ1v) is 17.2. The Labute approximate surface area is 302 Å². The molecule has 0 amide bonds. The summed E-state index contributed by atoms with van der Waals surface area (Å²) < 4.78 is 7.29. The van der Waals surface area contributed by atoms with Gasteiger partial charge in [0.1, 0.15) is 5.75 Å². The van der Waals surface area contributed by atoms with Gasteiger partial charge in [-0.15, -0.1) is 0 Å². The highest BCUT2D eigenvalue weighted by atomic mass is 16.5. The molecular formula is C47H30N4O. The molecule has 0 spiro atoms. The summed E-state index contributed by atoms with van der Waals surface area (Å²) in [5.41, 5.74) is 9.75. The van der Waals surface area contributed by atoms with Crippen LogP contribution in [-0.2, 0) is 5.60 Å². The summed E-state index contributed by atoms with van der Waals surface area (Å²) in [5.74, 6) is 2.49. The lowest BCUT2D eigenvalue weighted by molar-refractivity contribution is 0.152. The van der Waals surface area contributed by atoms with Gasteiger partial charge in [-0.25, -0.2) is 15.0 Å². The van der Waals surface area contributed by atoms with Crippen LogP contribution in [0.1, 0.15) is 22.3 Å². The number of benzene rings is 7. The Kier molecular flexibility index (Phi) is 7.68. The third-order valence-corrected chi connectivity index (χ3v) is 9.60. The third kappa shape index (κ3) is 5.40. The zero-order chi connectivity index (χ0) is 34.9. The molecule has 0 fully saturated rings. The average Bonchev–Trinajstić information content (AvgIpc) is 3.24. The van der Waals surface area contributed by atoms with E-state index in [0.29, 0.717) is 23.0 Å². The first kappa shape index (κ1) is 30.9. The molecule has 0 saturated heterocycles. The molecule has 1 aliphatic heterocycles. The second-order valence-electron chi connectivity index (χ2n) is 12.7. The zero-order valence-electron chi connectivity index (χ0n) is 28.0. The first-order chi connectivity index (χ1) is 25.7. The van der Waals surface area contributed by atoms with E-state index in [1.807, 2.05) is 66.7 Å². The van der Waals surface area contributed by atoms with Crippen LogP contribution >= 0.6 is 0 Å². The van der Waals surface area contributed by atoms with Gasteiger partial charge in [-0.1, -0.05) is 146 Å². The summed E-state index contributed by atoms with van der Waals surface area (Å²) in [7, 11) is 0. The Balaban J connectivity index is 1.17. The third-order valence-electron chi connectivity index (χ3n) is 9.60. The molecule has 0 saturated carbocycles. The van der Waals surface area contributed by atoms with Crippen molar-refractivity contribution in [3.8, 4) is 68.2 Å². The maximum atomic E-state index is 9.34. The SMILES string of the molecule is N#Cc1ccc(-c2nc(-c3ccccc3)nc(-c3cccc(-c4ccc5c(c4)OC(c4ccccc4)(c4ccccc4)c4ccccc4-5)c3)n2)cc1. The van der Waals surface area contributed by atoms with E-state index >= 15 is 0 Å². The molecule has 1 aliphatic rings. The Morgan fingerprint density at radius 1 is 0.423 bits per heavy atom. The van der Waals surface area contributed by atoms with E-state index in [2.05, 4.69) is 109 Å². The molecule has 0 atom stereocenters. The normalized spacial score (nSPS) is 12.5. The quantitative estimate of drug-likeness (QED) is 0.177. The van der Waals surface area contributed by atoms with Crippen LogP contribution in [-0.4, -0.2) is 15.0 Å². The number of nitrogens with zero attached hydrogens (tertiary/aromatic N) is 4. The molecule has 0 N–H and O–H groups in total. The van der Waals surface area contributed by atoms with Crippen LogP contribution in [0, 0.1) is 11.3 Å². The van der Waals surface area contributed by atoms with Crippen LogP contribution in [0.2, 0.25) is 0 Å². The van der Waals surface area contributed by atoms with Gasteiger partial charge in [-0.05, 0) is 53.1 Å². The van der Waals surface area contributed by atoms with E-state index in [4.69, 9.17) is 19.7 Å². The summed E-state index contributed by atoms with van der Waals surface area (Å²) in [5, 5.41) is 9.34. The van der Waals surface area contributed by atoms with Gasteiger partial charge in [0.25, 0.3) is 0 Å². The fraction of sp³-hybridized carbons (Fsp3) is 0.0213. The fourth-order valence-corrected chi connectivity index (χ4v) is 7.08. The molecular weight excluding hydrogens is 637 g/mol. The van der Waals surface area contributed by atoms with Crippen LogP contribution < -0.4 is 4.74 Å². The van der Waals surface area contributed by atoms with Gasteiger partial charge in [-0.3, -0.25) is 0 Å². The van der Waals surface area contributed by atoms with Crippen molar-refractivity contribution >= 4 is 0 Å². The molecule has 5 nitrogen and oxygen atoms in total. The first-order valence-electron chi connectivity index (χ1n) is 17.2. The Morgan fingerprint density at radius 3 is 1.58 bits per heavy atom. The van der Waals surface area contributed by atoms with Gasteiger partial charge in [0, 0.05) is 38.9 Å². The summed E-state index contributed by atoms with van der Waals surface area (Å²) in [6.07, 6.45) is 0. The number of ether oxygens (including phenoxy) is 1. The largest absolute Gasteiger partial charge is 0.472 e. The zero-order valence-corrected chi connectivity index (χ0v) is 28.0. The molecule has 5 heteroatoms. The van der Waals surface area contributed by atoms with Crippen LogP contribution in [0.4, 0.5) is 0 Å².